The summed E-state index contributed by atoms with van der Waals surface area (Å²) in [7, 11) is 1.81. The molecule has 1 atom stereocenters. The Morgan fingerprint density at radius 3 is 2.00 bits per heavy atom. The highest BCUT2D eigenvalue weighted by atomic mass is 28.4. The summed E-state index contributed by atoms with van der Waals surface area (Å²) in [6, 6.07) is 0. The second-order valence-electron chi connectivity index (χ2n) is 2.95. The molecule has 6 nitrogen and oxygen atoms in total. The molecule has 15 heavy (non-hydrogen) atoms. The van der Waals surface area contributed by atoms with Crippen molar-refractivity contribution in [1.82, 2.24) is 0 Å². The summed E-state index contributed by atoms with van der Waals surface area (Å²) in [6.45, 7) is 2.08. The number of primary amides is 1. The number of rotatable bonds is 7. The molecular formula is C8H19NO5Si. The Balaban J connectivity index is 4.51. The van der Waals surface area contributed by atoms with Crippen LogP contribution >= 0.6 is 0 Å². The lowest BCUT2D eigenvalue weighted by molar-refractivity contribution is 0.0901. The van der Waals surface area contributed by atoms with E-state index in [2.05, 4.69) is 0 Å². The fourth-order valence-corrected chi connectivity index (χ4v) is 3.69. The van der Waals surface area contributed by atoms with Crippen molar-refractivity contribution in [3.63, 3.8) is 0 Å². The van der Waals surface area contributed by atoms with Gasteiger partial charge in [0, 0.05) is 21.3 Å². The Morgan fingerprint density at radius 2 is 1.73 bits per heavy atom. The summed E-state index contributed by atoms with van der Waals surface area (Å²) in [5.41, 5.74) is 4.79. The number of ether oxygens (including phenoxy) is 1. The highest BCUT2D eigenvalue weighted by Gasteiger charge is 2.46. The second kappa shape index (κ2) is 6.78. The molecule has 0 aromatic rings. The molecule has 0 spiro atoms. The maximum absolute atomic E-state index is 10.5. The normalized spacial score (nSPS) is 13.6. The van der Waals surface area contributed by atoms with Crippen LogP contribution in [0.4, 0.5) is 4.79 Å². The molecule has 0 aromatic heterocycles. The number of carbonyl (C=O) groups excluding carboxylic acids is 1. The van der Waals surface area contributed by atoms with Crippen LogP contribution < -0.4 is 5.73 Å². The van der Waals surface area contributed by atoms with E-state index in [-0.39, 0.29) is 12.1 Å². The molecule has 0 rings (SSSR count). The lowest BCUT2D eigenvalue weighted by atomic mass is 10.3. The third kappa shape index (κ3) is 3.78. The summed E-state index contributed by atoms with van der Waals surface area (Å²) >= 11 is 0. The van der Waals surface area contributed by atoms with Crippen molar-refractivity contribution in [3.8, 4) is 0 Å². The highest BCUT2D eigenvalue weighted by Crippen LogP contribution is 2.27. The molecule has 0 saturated carbocycles. The fourth-order valence-electron chi connectivity index (χ4n) is 1.40. The number of amides is 1. The van der Waals surface area contributed by atoms with E-state index in [9.17, 15) is 4.79 Å². The Morgan fingerprint density at radius 1 is 1.27 bits per heavy atom. The SMILES string of the molecule is CCC(COC(N)=O)[Si](OC)(OC)OC. The lowest BCUT2D eigenvalue weighted by Gasteiger charge is -2.31. The third-order valence-corrected chi connectivity index (χ3v) is 5.56. The standard InChI is InChI=1S/C8H19NO5Si/c1-5-7(6-14-8(9)10)15(11-2,12-3)13-4/h7H,5-6H2,1-4H3,(H2,9,10). The van der Waals surface area contributed by atoms with Gasteiger partial charge in [-0.3, -0.25) is 0 Å². The third-order valence-electron chi connectivity index (χ3n) is 2.27. The van der Waals surface area contributed by atoms with E-state index in [1.54, 1.807) is 0 Å². The van der Waals surface area contributed by atoms with Gasteiger partial charge in [-0.1, -0.05) is 6.92 Å². The second-order valence-corrected chi connectivity index (χ2v) is 6.20. The summed E-state index contributed by atoms with van der Waals surface area (Å²) in [5, 5.41) is 0. The van der Waals surface area contributed by atoms with E-state index in [0.717, 1.165) is 6.42 Å². The minimum Gasteiger partial charge on any atom is -0.449 e. The monoisotopic (exact) mass is 237 g/mol. The van der Waals surface area contributed by atoms with Crippen LogP contribution in [0.3, 0.4) is 0 Å². The van der Waals surface area contributed by atoms with Gasteiger partial charge in [-0.2, -0.15) is 0 Å². The number of carbonyl (C=O) groups is 1. The first-order chi connectivity index (χ1) is 7.06. The van der Waals surface area contributed by atoms with Crippen molar-refractivity contribution < 1.29 is 22.8 Å². The van der Waals surface area contributed by atoms with Crippen LogP contribution in [-0.4, -0.2) is 42.8 Å². The van der Waals surface area contributed by atoms with Crippen molar-refractivity contribution in [1.29, 1.82) is 0 Å². The van der Waals surface area contributed by atoms with Gasteiger partial charge in [-0.15, -0.1) is 0 Å². The molecular weight excluding hydrogens is 218 g/mol. The van der Waals surface area contributed by atoms with Crippen LogP contribution in [0.25, 0.3) is 0 Å². The van der Waals surface area contributed by atoms with Gasteiger partial charge in [0.25, 0.3) is 0 Å². The predicted octanol–water partition coefficient (Wildman–Crippen LogP) is 0.740. The van der Waals surface area contributed by atoms with Crippen molar-refractivity contribution in [2.45, 2.75) is 18.9 Å². The van der Waals surface area contributed by atoms with Crippen LogP contribution in [0, 0.1) is 0 Å². The molecule has 0 aliphatic rings. The molecule has 0 saturated heterocycles. The van der Waals surface area contributed by atoms with E-state index in [1.165, 1.54) is 21.3 Å². The van der Waals surface area contributed by atoms with E-state index >= 15 is 0 Å². The van der Waals surface area contributed by atoms with Gasteiger partial charge in [-0.25, -0.2) is 4.79 Å². The topological polar surface area (TPSA) is 80.0 Å². The number of nitrogens with two attached hydrogens (primary N) is 1. The molecule has 0 radical (unpaired) electrons. The van der Waals surface area contributed by atoms with Gasteiger partial charge >= 0.3 is 14.9 Å². The Bertz CT molecular complexity index is 189. The van der Waals surface area contributed by atoms with Crippen LogP contribution in [-0.2, 0) is 18.0 Å². The van der Waals surface area contributed by atoms with Gasteiger partial charge in [0.15, 0.2) is 0 Å². The van der Waals surface area contributed by atoms with Crippen LogP contribution in [0.5, 0.6) is 0 Å². The Kier molecular flexibility index (Phi) is 6.49. The lowest BCUT2D eigenvalue weighted by Crippen LogP contribution is -2.49. The summed E-state index contributed by atoms with van der Waals surface area (Å²) in [6.07, 6.45) is -0.0886. The first kappa shape index (κ1) is 14.4. The zero-order chi connectivity index (χ0) is 11.9. The molecule has 0 aliphatic carbocycles. The van der Waals surface area contributed by atoms with Gasteiger partial charge in [-0.05, 0) is 6.42 Å². The average molecular weight is 237 g/mol. The molecule has 2 N–H and O–H groups in total. The highest BCUT2D eigenvalue weighted by molar-refractivity contribution is 6.62. The smallest absolute Gasteiger partial charge is 0.449 e. The summed E-state index contributed by atoms with van der Waals surface area (Å²) < 4.78 is 20.6. The van der Waals surface area contributed by atoms with Crippen LogP contribution in [0.15, 0.2) is 0 Å². The van der Waals surface area contributed by atoms with Gasteiger partial charge < -0.3 is 23.7 Å². The molecule has 0 bridgehead atoms. The first-order valence-electron chi connectivity index (χ1n) is 4.63. The Labute approximate surface area is 91.0 Å². The summed E-state index contributed by atoms with van der Waals surface area (Å²) in [5.74, 6) is 0. The van der Waals surface area contributed by atoms with Gasteiger partial charge in [0.05, 0.1) is 5.54 Å². The van der Waals surface area contributed by atoms with Crippen LogP contribution in [0.1, 0.15) is 13.3 Å². The van der Waals surface area contributed by atoms with E-state index in [1.807, 2.05) is 6.92 Å². The predicted molar refractivity (Wildman–Crippen MR) is 56.4 cm³/mol. The molecule has 1 amide bonds. The van der Waals surface area contributed by atoms with Gasteiger partial charge in [0.2, 0.25) is 0 Å². The zero-order valence-corrected chi connectivity index (χ0v) is 10.6. The van der Waals surface area contributed by atoms with E-state index in [0.29, 0.717) is 0 Å². The van der Waals surface area contributed by atoms with Gasteiger partial charge in [0.1, 0.15) is 6.61 Å². The van der Waals surface area contributed by atoms with Crippen molar-refractivity contribution in [2.24, 2.45) is 5.73 Å². The van der Waals surface area contributed by atoms with Crippen molar-refractivity contribution in [3.05, 3.63) is 0 Å². The largest absolute Gasteiger partial charge is 0.506 e. The molecule has 7 heteroatoms. The fraction of sp³-hybridized carbons (Fsp3) is 0.875. The molecule has 0 heterocycles. The molecule has 0 aliphatic heterocycles. The molecule has 90 valence electrons. The first-order valence-corrected chi connectivity index (χ1v) is 6.44. The van der Waals surface area contributed by atoms with Crippen molar-refractivity contribution >= 4 is 14.9 Å². The average Bonchev–Trinajstić information content (AvgIpc) is 2.24. The van der Waals surface area contributed by atoms with E-state index in [4.69, 9.17) is 23.7 Å². The number of hydrogen-bond acceptors (Lipinski definition) is 5. The summed E-state index contributed by atoms with van der Waals surface area (Å²) in [4.78, 5) is 10.5. The van der Waals surface area contributed by atoms with Crippen LogP contribution in [0.2, 0.25) is 5.54 Å². The van der Waals surface area contributed by atoms with E-state index < -0.39 is 14.9 Å². The maximum atomic E-state index is 10.5. The minimum absolute atomic E-state index is 0.106. The molecule has 0 aromatic carbocycles. The zero-order valence-electron chi connectivity index (χ0n) is 9.61. The molecule has 1 unspecified atom stereocenters. The maximum Gasteiger partial charge on any atom is 0.506 e. The Hall–Kier alpha value is -0.633. The number of hydrogen-bond donors (Lipinski definition) is 1. The minimum atomic E-state index is -2.75. The quantitative estimate of drug-likeness (QED) is 0.661. The van der Waals surface area contributed by atoms with Crippen molar-refractivity contribution in [2.75, 3.05) is 27.9 Å². The molecule has 0 fully saturated rings.